The first-order valence-electron chi connectivity index (χ1n) is 12.6. The van der Waals surface area contributed by atoms with Gasteiger partial charge in [0.05, 0.1) is 24.0 Å². The summed E-state index contributed by atoms with van der Waals surface area (Å²) in [5.41, 5.74) is 11.5. The highest BCUT2D eigenvalue weighted by Crippen LogP contribution is 2.38. The van der Waals surface area contributed by atoms with Gasteiger partial charge >= 0.3 is 0 Å². The molecule has 2 heterocycles. The second-order valence-corrected chi connectivity index (χ2v) is 9.83. The molecule has 39 heavy (non-hydrogen) atoms. The standard InChI is InChI=1S/C28H31F3N4O4/c1-14-7-15(8-23(33)28(14)37)18-3-4-34-13-16(18)9-24(36)27-22(32)12-21(31)26(35-27)25-19(29)10-17(11-20(25)30)39-6-5-38-2/h3-4,10-15,23,28,37H,5-9,32-33H2,1-2H3/t14-,15+,23+,28+/m0/s1. The van der Waals surface area contributed by atoms with Gasteiger partial charge in [0.1, 0.15) is 35.4 Å². The topological polar surface area (TPSA) is 134 Å². The van der Waals surface area contributed by atoms with E-state index in [2.05, 4.69) is 9.97 Å². The molecule has 1 aliphatic rings. The highest BCUT2D eigenvalue weighted by molar-refractivity contribution is 6.00. The van der Waals surface area contributed by atoms with Crippen LogP contribution in [0.5, 0.6) is 5.75 Å². The Morgan fingerprint density at radius 3 is 2.51 bits per heavy atom. The fraction of sp³-hybridized carbons (Fsp3) is 0.393. The quantitative estimate of drug-likeness (QED) is 0.274. The normalized spacial score (nSPS) is 21.1. The lowest BCUT2D eigenvalue weighted by atomic mass is 9.74. The summed E-state index contributed by atoms with van der Waals surface area (Å²) >= 11 is 0. The number of carbonyl (C=O) groups excluding carboxylic acids is 1. The minimum atomic E-state index is -1.11. The van der Waals surface area contributed by atoms with Gasteiger partial charge in [-0.15, -0.1) is 0 Å². The minimum Gasteiger partial charge on any atom is -0.491 e. The number of aliphatic hydroxyl groups is 1. The number of ether oxygens (including phenoxy) is 2. The van der Waals surface area contributed by atoms with Gasteiger partial charge in [0.15, 0.2) is 11.6 Å². The summed E-state index contributed by atoms with van der Waals surface area (Å²) in [4.78, 5) is 21.5. The fourth-order valence-corrected chi connectivity index (χ4v) is 5.07. The zero-order valence-electron chi connectivity index (χ0n) is 21.7. The number of carbonyl (C=O) groups is 1. The highest BCUT2D eigenvalue weighted by atomic mass is 19.1. The molecule has 1 fully saturated rings. The molecular weight excluding hydrogens is 513 g/mol. The van der Waals surface area contributed by atoms with Crippen molar-refractivity contribution in [3.05, 3.63) is 70.9 Å². The maximum Gasteiger partial charge on any atom is 0.187 e. The molecular formula is C28H31F3N4O4. The summed E-state index contributed by atoms with van der Waals surface area (Å²) in [6, 6.07) is 4.03. The molecule has 2 aromatic heterocycles. The molecule has 4 rings (SSSR count). The summed E-state index contributed by atoms with van der Waals surface area (Å²) in [5, 5.41) is 10.2. The van der Waals surface area contributed by atoms with Crippen LogP contribution in [0, 0.1) is 23.4 Å². The van der Waals surface area contributed by atoms with Crippen LogP contribution < -0.4 is 16.2 Å². The molecule has 1 aromatic carbocycles. The molecule has 8 nitrogen and oxygen atoms in total. The Balaban J connectivity index is 1.64. The minimum absolute atomic E-state index is 0.00824. The Morgan fingerprint density at radius 1 is 1.13 bits per heavy atom. The van der Waals surface area contributed by atoms with Crippen LogP contribution in [0.1, 0.15) is 47.3 Å². The summed E-state index contributed by atoms with van der Waals surface area (Å²) in [5.74, 6) is -4.03. The number of methoxy groups -OCH3 is 1. The largest absolute Gasteiger partial charge is 0.491 e. The number of aliphatic hydroxyl groups excluding tert-OH is 1. The Kier molecular flexibility index (Phi) is 8.83. The number of nitrogen functional groups attached to an aromatic ring is 1. The van der Waals surface area contributed by atoms with E-state index < -0.39 is 46.6 Å². The number of nitrogens with two attached hydrogens (primary N) is 2. The van der Waals surface area contributed by atoms with Crippen molar-refractivity contribution in [2.45, 2.75) is 44.2 Å². The number of ketones is 1. The molecule has 0 spiro atoms. The van der Waals surface area contributed by atoms with Crippen molar-refractivity contribution in [2.24, 2.45) is 11.7 Å². The number of anilines is 1. The summed E-state index contributed by atoms with van der Waals surface area (Å²) in [6.07, 6.45) is 3.58. The van der Waals surface area contributed by atoms with Crippen molar-refractivity contribution < 1.29 is 32.5 Å². The molecule has 3 aromatic rings. The third kappa shape index (κ3) is 6.21. The van der Waals surface area contributed by atoms with E-state index in [9.17, 15) is 23.1 Å². The van der Waals surface area contributed by atoms with Gasteiger partial charge in [-0.2, -0.15) is 0 Å². The Labute approximate surface area is 224 Å². The van der Waals surface area contributed by atoms with Gasteiger partial charge in [0, 0.05) is 50.2 Å². The van der Waals surface area contributed by atoms with Crippen LogP contribution in [-0.2, 0) is 11.2 Å². The molecule has 0 radical (unpaired) electrons. The fourth-order valence-electron chi connectivity index (χ4n) is 5.07. The van der Waals surface area contributed by atoms with Crippen molar-refractivity contribution in [1.82, 2.24) is 9.97 Å². The first kappa shape index (κ1) is 28.5. The average molecular weight is 545 g/mol. The molecule has 208 valence electrons. The number of pyridine rings is 2. The molecule has 1 saturated carbocycles. The number of hydrogen-bond donors (Lipinski definition) is 3. The molecule has 0 aliphatic heterocycles. The van der Waals surface area contributed by atoms with Crippen LogP contribution in [0.4, 0.5) is 18.9 Å². The number of benzene rings is 1. The van der Waals surface area contributed by atoms with E-state index in [4.69, 9.17) is 20.9 Å². The molecule has 0 amide bonds. The first-order chi connectivity index (χ1) is 18.6. The van der Waals surface area contributed by atoms with Gasteiger partial charge in [0.25, 0.3) is 0 Å². The predicted molar refractivity (Wildman–Crippen MR) is 139 cm³/mol. The number of rotatable bonds is 9. The van der Waals surface area contributed by atoms with Gasteiger partial charge in [-0.25, -0.2) is 18.2 Å². The van der Waals surface area contributed by atoms with E-state index in [-0.39, 0.29) is 48.6 Å². The van der Waals surface area contributed by atoms with Crippen molar-refractivity contribution in [1.29, 1.82) is 0 Å². The van der Waals surface area contributed by atoms with E-state index in [1.807, 2.05) is 6.92 Å². The van der Waals surface area contributed by atoms with Gasteiger partial charge in [-0.3, -0.25) is 9.78 Å². The third-order valence-corrected chi connectivity index (χ3v) is 7.05. The lowest BCUT2D eigenvalue weighted by Gasteiger charge is -2.36. The molecule has 5 N–H and O–H groups in total. The van der Waals surface area contributed by atoms with Crippen LogP contribution in [0.3, 0.4) is 0 Å². The zero-order valence-corrected chi connectivity index (χ0v) is 21.7. The number of nitrogens with zero attached hydrogens (tertiary/aromatic N) is 2. The van der Waals surface area contributed by atoms with Crippen molar-refractivity contribution >= 4 is 11.5 Å². The number of aromatic nitrogens is 2. The second kappa shape index (κ2) is 12.1. The van der Waals surface area contributed by atoms with Gasteiger partial charge in [-0.1, -0.05) is 6.92 Å². The van der Waals surface area contributed by atoms with Crippen molar-refractivity contribution in [2.75, 3.05) is 26.1 Å². The summed E-state index contributed by atoms with van der Waals surface area (Å²) in [6.45, 7) is 2.19. The Morgan fingerprint density at radius 2 is 1.85 bits per heavy atom. The monoisotopic (exact) mass is 544 g/mol. The molecule has 0 saturated heterocycles. The zero-order chi connectivity index (χ0) is 28.3. The number of Topliss-reactive ketones (excluding diaryl/α,β-unsaturated/α-hetero) is 1. The van der Waals surface area contributed by atoms with E-state index >= 15 is 0 Å². The number of hydrogen-bond acceptors (Lipinski definition) is 8. The maximum atomic E-state index is 14.9. The van der Waals surface area contributed by atoms with Crippen LogP contribution in [-0.4, -0.2) is 53.3 Å². The van der Waals surface area contributed by atoms with Gasteiger partial charge in [-0.05, 0) is 41.9 Å². The Hall–Kier alpha value is -3.54. The lowest BCUT2D eigenvalue weighted by Crippen LogP contribution is -2.44. The van der Waals surface area contributed by atoms with Crippen molar-refractivity contribution in [3.8, 4) is 17.0 Å². The van der Waals surface area contributed by atoms with Gasteiger partial charge < -0.3 is 26.0 Å². The molecule has 1 aliphatic carbocycles. The SMILES string of the molecule is COCCOc1cc(F)c(-c2nc(C(=O)Cc3cnccc3[C@H]3C[C@@H](N)[C@H](O)[C@@H](C)C3)c(N)cc2F)c(F)c1. The molecule has 11 heteroatoms. The average Bonchev–Trinajstić information content (AvgIpc) is 2.88. The van der Waals surface area contributed by atoms with Crippen LogP contribution in [0.15, 0.2) is 36.7 Å². The molecule has 0 unspecified atom stereocenters. The second-order valence-electron chi connectivity index (χ2n) is 9.83. The Bertz CT molecular complexity index is 1320. The predicted octanol–water partition coefficient (Wildman–Crippen LogP) is 3.80. The summed E-state index contributed by atoms with van der Waals surface area (Å²) in [7, 11) is 1.45. The van der Waals surface area contributed by atoms with Crippen LogP contribution in [0.25, 0.3) is 11.3 Å². The van der Waals surface area contributed by atoms with Crippen LogP contribution >= 0.6 is 0 Å². The lowest BCUT2D eigenvalue weighted by molar-refractivity contribution is 0.0519. The first-order valence-corrected chi connectivity index (χ1v) is 12.6. The van der Waals surface area contributed by atoms with E-state index in [0.29, 0.717) is 18.4 Å². The molecule has 4 atom stereocenters. The van der Waals surface area contributed by atoms with E-state index in [1.165, 1.54) is 7.11 Å². The van der Waals surface area contributed by atoms with Crippen molar-refractivity contribution in [3.63, 3.8) is 0 Å². The van der Waals surface area contributed by atoms with Crippen LogP contribution in [0.2, 0.25) is 0 Å². The maximum absolute atomic E-state index is 14.9. The smallest absolute Gasteiger partial charge is 0.187 e. The third-order valence-electron chi connectivity index (χ3n) is 7.05. The van der Waals surface area contributed by atoms with Gasteiger partial charge in [0.2, 0.25) is 0 Å². The number of halogens is 3. The highest BCUT2D eigenvalue weighted by Gasteiger charge is 2.34. The molecule has 0 bridgehead atoms. The van der Waals surface area contributed by atoms with E-state index in [0.717, 1.165) is 23.8 Å². The van der Waals surface area contributed by atoms with E-state index in [1.54, 1.807) is 18.5 Å². The summed E-state index contributed by atoms with van der Waals surface area (Å²) < 4.78 is 54.7.